The highest BCUT2D eigenvalue weighted by Crippen LogP contribution is 2.40. The van der Waals surface area contributed by atoms with Crippen molar-refractivity contribution in [2.45, 2.75) is 6.42 Å². The Bertz CT molecular complexity index is 1080. The summed E-state index contributed by atoms with van der Waals surface area (Å²) in [6, 6.07) is 18.5. The molecular formula is C20H13N3. The Balaban J connectivity index is 1.85. The Morgan fingerprint density at radius 2 is 1.39 bits per heavy atom. The predicted molar refractivity (Wildman–Crippen MR) is 93.4 cm³/mol. The van der Waals surface area contributed by atoms with Crippen LogP contribution in [0.5, 0.6) is 0 Å². The summed E-state index contributed by atoms with van der Waals surface area (Å²) in [6.45, 7) is 0. The quantitative estimate of drug-likeness (QED) is 0.486. The van der Waals surface area contributed by atoms with Gasteiger partial charge in [-0.1, -0.05) is 36.4 Å². The smallest absolute Gasteiger partial charge is 0.0986 e. The van der Waals surface area contributed by atoms with Gasteiger partial charge in [-0.15, -0.1) is 0 Å². The number of nitrogens with zero attached hydrogens (tertiary/aromatic N) is 3. The third-order valence-corrected chi connectivity index (χ3v) is 4.40. The number of fused-ring (bicyclic) bond motifs is 6. The van der Waals surface area contributed by atoms with Gasteiger partial charge in [-0.2, -0.15) is 0 Å². The number of pyridine rings is 2. The molecule has 3 heteroatoms. The summed E-state index contributed by atoms with van der Waals surface area (Å²) >= 11 is 0. The van der Waals surface area contributed by atoms with Gasteiger partial charge in [-0.3, -0.25) is 15.0 Å². The standard InChI is InChI=1S/C20H13N3/c1-2-6-13(7-3-1)17-12-16-14-8-4-10-21-19(14)20-15(18(16)23-17)9-5-11-22-20/h1-11H,12H2. The highest BCUT2D eigenvalue weighted by atomic mass is 14.8. The van der Waals surface area contributed by atoms with E-state index in [9.17, 15) is 0 Å². The van der Waals surface area contributed by atoms with Crippen LogP contribution in [0, 0.1) is 0 Å². The molecule has 0 atom stereocenters. The van der Waals surface area contributed by atoms with E-state index >= 15 is 0 Å². The van der Waals surface area contributed by atoms with Crippen molar-refractivity contribution in [1.82, 2.24) is 9.97 Å². The molecule has 3 heterocycles. The fourth-order valence-electron chi connectivity index (χ4n) is 3.36. The minimum absolute atomic E-state index is 0.840. The average Bonchev–Trinajstić information content (AvgIpc) is 3.09. The Morgan fingerprint density at radius 3 is 2.17 bits per heavy atom. The van der Waals surface area contributed by atoms with E-state index < -0.39 is 0 Å². The number of hydrogen-bond acceptors (Lipinski definition) is 3. The molecule has 5 rings (SSSR count). The summed E-state index contributed by atoms with van der Waals surface area (Å²) < 4.78 is 0. The van der Waals surface area contributed by atoms with Gasteiger partial charge in [0.05, 0.1) is 22.4 Å². The maximum atomic E-state index is 4.95. The lowest BCUT2D eigenvalue weighted by atomic mass is 9.98. The van der Waals surface area contributed by atoms with Crippen molar-refractivity contribution < 1.29 is 0 Å². The van der Waals surface area contributed by atoms with Crippen molar-refractivity contribution >= 4 is 33.2 Å². The molecule has 0 unspecified atom stereocenters. The van der Waals surface area contributed by atoms with E-state index in [1.54, 1.807) is 0 Å². The van der Waals surface area contributed by atoms with Crippen LogP contribution in [0.15, 0.2) is 72.0 Å². The first-order chi connectivity index (χ1) is 11.4. The third-order valence-electron chi connectivity index (χ3n) is 4.40. The number of aromatic nitrogens is 2. The maximum absolute atomic E-state index is 4.95. The van der Waals surface area contributed by atoms with Gasteiger partial charge in [0.2, 0.25) is 0 Å². The lowest BCUT2D eigenvalue weighted by Crippen LogP contribution is -2.00. The van der Waals surface area contributed by atoms with Crippen molar-refractivity contribution in [1.29, 1.82) is 0 Å². The zero-order chi connectivity index (χ0) is 15.2. The van der Waals surface area contributed by atoms with Crippen LogP contribution in [0.4, 0.5) is 5.69 Å². The largest absolute Gasteiger partial charge is 0.254 e. The zero-order valence-electron chi connectivity index (χ0n) is 12.4. The minimum atomic E-state index is 0.840. The molecule has 0 radical (unpaired) electrons. The van der Waals surface area contributed by atoms with Crippen LogP contribution < -0.4 is 0 Å². The lowest BCUT2D eigenvalue weighted by molar-refractivity contribution is 1.35. The molecule has 0 saturated heterocycles. The van der Waals surface area contributed by atoms with Crippen LogP contribution in [-0.2, 0) is 6.42 Å². The minimum Gasteiger partial charge on any atom is -0.254 e. The fourth-order valence-corrected chi connectivity index (χ4v) is 3.36. The second-order valence-corrected chi connectivity index (χ2v) is 5.73. The van der Waals surface area contributed by atoms with E-state index in [1.807, 2.05) is 30.6 Å². The first-order valence-corrected chi connectivity index (χ1v) is 7.69. The maximum Gasteiger partial charge on any atom is 0.0986 e. The first kappa shape index (κ1) is 12.5. The van der Waals surface area contributed by atoms with E-state index in [0.29, 0.717) is 0 Å². The molecule has 0 N–H and O–H groups in total. The van der Waals surface area contributed by atoms with Gasteiger partial charge in [0.25, 0.3) is 0 Å². The average molecular weight is 295 g/mol. The molecule has 0 aliphatic carbocycles. The highest BCUT2D eigenvalue weighted by molar-refractivity contribution is 6.18. The molecule has 23 heavy (non-hydrogen) atoms. The van der Waals surface area contributed by atoms with E-state index in [4.69, 9.17) is 4.99 Å². The van der Waals surface area contributed by atoms with Crippen LogP contribution in [0.3, 0.4) is 0 Å². The van der Waals surface area contributed by atoms with Gasteiger partial charge >= 0.3 is 0 Å². The summed E-state index contributed by atoms with van der Waals surface area (Å²) in [5.74, 6) is 0. The summed E-state index contributed by atoms with van der Waals surface area (Å²) in [5.41, 5.74) is 6.49. The molecule has 0 spiro atoms. The van der Waals surface area contributed by atoms with Crippen molar-refractivity contribution in [2.24, 2.45) is 4.99 Å². The second-order valence-electron chi connectivity index (χ2n) is 5.73. The molecule has 0 amide bonds. The molecule has 0 saturated carbocycles. The van der Waals surface area contributed by atoms with E-state index in [2.05, 4.69) is 46.4 Å². The molecule has 4 aromatic rings. The van der Waals surface area contributed by atoms with Crippen molar-refractivity contribution in [3.63, 3.8) is 0 Å². The van der Waals surface area contributed by atoms with Crippen LogP contribution in [0.1, 0.15) is 11.1 Å². The molecule has 0 bridgehead atoms. The summed E-state index contributed by atoms with van der Waals surface area (Å²) in [6.07, 6.45) is 4.49. The van der Waals surface area contributed by atoms with Crippen LogP contribution in [-0.4, -0.2) is 15.7 Å². The number of benzene rings is 2. The Morgan fingerprint density at radius 1 is 0.696 bits per heavy atom. The lowest BCUT2D eigenvalue weighted by Gasteiger charge is -2.08. The van der Waals surface area contributed by atoms with E-state index in [0.717, 1.165) is 39.6 Å². The molecule has 1 aliphatic rings. The number of aliphatic imine (C=N–C) groups is 1. The van der Waals surface area contributed by atoms with Gasteiger partial charge < -0.3 is 0 Å². The Labute approximate surface area is 133 Å². The van der Waals surface area contributed by atoms with Crippen LogP contribution in [0.2, 0.25) is 0 Å². The molecule has 1 aliphatic heterocycles. The second kappa shape index (κ2) is 4.71. The van der Waals surface area contributed by atoms with Gasteiger partial charge in [0.1, 0.15) is 0 Å². The molecule has 0 fully saturated rings. The Kier molecular flexibility index (Phi) is 2.56. The predicted octanol–water partition coefficient (Wildman–Crippen LogP) is 4.46. The highest BCUT2D eigenvalue weighted by Gasteiger charge is 2.22. The molecule has 108 valence electrons. The summed E-state index contributed by atoms with van der Waals surface area (Å²) in [7, 11) is 0. The summed E-state index contributed by atoms with van der Waals surface area (Å²) in [5, 5.41) is 2.24. The molecule has 2 aromatic carbocycles. The Hall–Kier alpha value is -3.07. The van der Waals surface area contributed by atoms with E-state index in [-0.39, 0.29) is 0 Å². The number of hydrogen-bond donors (Lipinski definition) is 0. The van der Waals surface area contributed by atoms with Gasteiger partial charge in [0, 0.05) is 29.6 Å². The van der Waals surface area contributed by atoms with Gasteiger partial charge in [-0.25, -0.2) is 0 Å². The van der Waals surface area contributed by atoms with Gasteiger partial charge in [0.15, 0.2) is 0 Å². The molecule has 3 nitrogen and oxygen atoms in total. The molecular weight excluding hydrogens is 282 g/mol. The SMILES string of the molecule is c1ccc(C2=Nc3c(c4cccnc4c4ncccc34)C2)cc1. The molecule has 2 aromatic heterocycles. The van der Waals surface area contributed by atoms with Crippen molar-refractivity contribution in [2.75, 3.05) is 0 Å². The van der Waals surface area contributed by atoms with Crippen LogP contribution >= 0.6 is 0 Å². The van der Waals surface area contributed by atoms with Crippen LogP contribution in [0.25, 0.3) is 21.8 Å². The zero-order valence-corrected chi connectivity index (χ0v) is 12.4. The number of rotatable bonds is 1. The topological polar surface area (TPSA) is 38.1 Å². The first-order valence-electron chi connectivity index (χ1n) is 7.69. The van der Waals surface area contributed by atoms with Crippen molar-refractivity contribution in [3.05, 3.63) is 78.1 Å². The normalized spacial score (nSPS) is 13.3. The fraction of sp³-hybridized carbons (Fsp3) is 0.0500. The van der Waals surface area contributed by atoms with E-state index in [1.165, 1.54) is 11.1 Å². The van der Waals surface area contributed by atoms with Crippen molar-refractivity contribution in [3.8, 4) is 0 Å². The van der Waals surface area contributed by atoms with Gasteiger partial charge in [-0.05, 0) is 29.3 Å². The monoisotopic (exact) mass is 295 g/mol. The summed E-state index contributed by atoms with van der Waals surface area (Å²) in [4.78, 5) is 14.1. The third kappa shape index (κ3) is 1.80.